The first kappa shape index (κ1) is 14.3. The third-order valence-corrected chi connectivity index (χ3v) is 3.49. The van der Waals surface area contributed by atoms with Gasteiger partial charge in [-0.05, 0) is 43.2 Å². The van der Waals surface area contributed by atoms with E-state index in [4.69, 9.17) is 9.47 Å². The van der Waals surface area contributed by atoms with Crippen LogP contribution in [-0.2, 0) is 4.79 Å². The van der Waals surface area contributed by atoms with E-state index < -0.39 is 0 Å². The fourth-order valence-corrected chi connectivity index (χ4v) is 2.28. The van der Waals surface area contributed by atoms with E-state index in [1.165, 1.54) is 0 Å². The Morgan fingerprint density at radius 2 is 1.91 bits per heavy atom. The number of hydrogen-bond donors (Lipinski definition) is 2. The molecule has 0 aliphatic carbocycles. The summed E-state index contributed by atoms with van der Waals surface area (Å²) in [6, 6.07) is 11.5. The maximum Gasteiger partial charge on any atom is 0.243 e. The summed E-state index contributed by atoms with van der Waals surface area (Å²) in [6.07, 6.45) is 0. The van der Waals surface area contributed by atoms with Crippen molar-refractivity contribution in [3.63, 3.8) is 0 Å². The van der Waals surface area contributed by atoms with E-state index in [-0.39, 0.29) is 19.2 Å². The van der Waals surface area contributed by atoms with Crippen LogP contribution in [0, 0.1) is 13.8 Å². The quantitative estimate of drug-likeness (QED) is 0.910. The SMILES string of the molecule is Cc1ccc(C)c(NCC(=O)Nc2ccc3c(c2)OCO3)c1. The van der Waals surface area contributed by atoms with E-state index in [1.54, 1.807) is 18.2 Å². The molecule has 0 fully saturated rings. The summed E-state index contributed by atoms with van der Waals surface area (Å²) < 4.78 is 10.5. The molecule has 1 aliphatic rings. The molecule has 2 N–H and O–H groups in total. The molecule has 0 atom stereocenters. The van der Waals surface area contributed by atoms with Crippen LogP contribution in [0.1, 0.15) is 11.1 Å². The monoisotopic (exact) mass is 298 g/mol. The van der Waals surface area contributed by atoms with Gasteiger partial charge in [0.05, 0.1) is 6.54 Å². The van der Waals surface area contributed by atoms with Crippen LogP contribution in [0.3, 0.4) is 0 Å². The second kappa shape index (κ2) is 5.97. The van der Waals surface area contributed by atoms with Gasteiger partial charge >= 0.3 is 0 Å². The Bertz CT molecular complexity index is 713. The highest BCUT2D eigenvalue weighted by molar-refractivity contribution is 5.94. The van der Waals surface area contributed by atoms with Crippen molar-refractivity contribution >= 4 is 17.3 Å². The van der Waals surface area contributed by atoms with Gasteiger partial charge in [0, 0.05) is 17.4 Å². The van der Waals surface area contributed by atoms with Crippen molar-refractivity contribution in [2.75, 3.05) is 24.0 Å². The maximum absolute atomic E-state index is 12.0. The number of carbonyl (C=O) groups is 1. The average Bonchev–Trinajstić information content (AvgIpc) is 2.96. The second-order valence-electron chi connectivity index (χ2n) is 5.29. The lowest BCUT2D eigenvalue weighted by atomic mass is 10.1. The molecular weight excluding hydrogens is 280 g/mol. The van der Waals surface area contributed by atoms with E-state index in [9.17, 15) is 4.79 Å². The third-order valence-electron chi connectivity index (χ3n) is 3.49. The van der Waals surface area contributed by atoms with E-state index in [0.29, 0.717) is 17.2 Å². The predicted octanol–water partition coefficient (Wildman–Crippen LogP) is 3.08. The molecule has 0 radical (unpaired) electrons. The zero-order valence-electron chi connectivity index (χ0n) is 12.6. The van der Waals surface area contributed by atoms with Gasteiger partial charge in [-0.2, -0.15) is 0 Å². The van der Waals surface area contributed by atoms with Crippen molar-refractivity contribution in [3.05, 3.63) is 47.5 Å². The molecule has 0 aromatic heterocycles. The summed E-state index contributed by atoms with van der Waals surface area (Å²) in [6.45, 7) is 4.47. The first-order valence-corrected chi connectivity index (χ1v) is 7.12. The summed E-state index contributed by atoms with van der Waals surface area (Å²) in [4.78, 5) is 12.0. The highest BCUT2D eigenvalue weighted by Gasteiger charge is 2.14. The van der Waals surface area contributed by atoms with Gasteiger partial charge in [-0.3, -0.25) is 4.79 Å². The van der Waals surface area contributed by atoms with Gasteiger partial charge in [-0.1, -0.05) is 12.1 Å². The van der Waals surface area contributed by atoms with Gasteiger partial charge in [0.25, 0.3) is 0 Å². The normalized spacial score (nSPS) is 12.1. The molecule has 0 bridgehead atoms. The number of hydrogen-bond acceptors (Lipinski definition) is 4. The van der Waals surface area contributed by atoms with E-state index in [2.05, 4.69) is 10.6 Å². The smallest absolute Gasteiger partial charge is 0.243 e. The molecule has 3 rings (SSSR count). The van der Waals surface area contributed by atoms with Gasteiger partial charge in [0.2, 0.25) is 12.7 Å². The number of ether oxygens (including phenoxy) is 2. The second-order valence-corrected chi connectivity index (χ2v) is 5.29. The van der Waals surface area contributed by atoms with Crippen molar-refractivity contribution < 1.29 is 14.3 Å². The molecular formula is C17H18N2O3. The molecule has 5 heteroatoms. The first-order chi connectivity index (χ1) is 10.6. The molecule has 0 unspecified atom stereocenters. The lowest BCUT2D eigenvalue weighted by Crippen LogP contribution is -2.22. The molecule has 114 valence electrons. The molecule has 0 saturated carbocycles. The fraction of sp³-hybridized carbons (Fsp3) is 0.235. The van der Waals surface area contributed by atoms with Crippen molar-refractivity contribution in [2.45, 2.75) is 13.8 Å². The topological polar surface area (TPSA) is 59.6 Å². The molecule has 1 heterocycles. The standard InChI is InChI=1S/C17H18N2O3/c1-11-3-4-12(2)14(7-11)18-9-17(20)19-13-5-6-15-16(8-13)22-10-21-15/h3-8,18H,9-10H2,1-2H3,(H,19,20). The highest BCUT2D eigenvalue weighted by atomic mass is 16.7. The summed E-state index contributed by atoms with van der Waals surface area (Å²) >= 11 is 0. The van der Waals surface area contributed by atoms with Gasteiger partial charge in [-0.25, -0.2) is 0 Å². The van der Waals surface area contributed by atoms with Crippen LogP contribution in [-0.4, -0.2) is 19.2 Å². The molecule has 22 heavy (non-hydrogen) atoms. The number of fused-ring (bicyclic) bond motifs is 1. The molecule has 5 nitrogen and oxygen atoms in total. The summed E-state index contributed by atoms with van der Waals surface area (Å²) in [7, 11) is 0. The lowest BCUT2D eigenvalue weighted by molar-refractivity contribution is -0.114. The van der Waals surface area contributed by atoms with Crippen LogP contribution >= 0.6 is 0 Å². The highest BCUT2D eigenvalue weighted by Crippen LogP contribution is 2.34. The lowest BCUT2D eigenvalue weighted by Gasteiger charge is -2.11. The van der Waals surface area contributed by atoms with Gasteiger partial charge < -0.3 is 20.1 Å². The zero-order valence-corrected chi connectivity index (χ0v) is 12.6. The summed E-state index contributed by atoms with van der Waals surface area (Å²) in [5.74, 6) is 1.24. The van der Waals surface area contributed by atoms with Crippen molar-refractivity contribution in [1.82, 2.24) is 0 Å². The van der Waals surface area contributed by atoms with Gasteiger partial charge in [0.1, 0.15) is 0 Å². The van der Waals surface area contributed by atoms with E-state index in [0.717, 1.165) is 16.8 Å². The summed E-state index contributed by atoms with van der Waals surface area (Å²) in [5, 5.41) is 6.00. The number of nitrogens with one attached hydrogen (secondary N) is 2. The Morgan fingerprint density at radius 1 is 1.09 bits per heavy atom. The van der Waals surface area contributed by atoms with Crippen LogP contribution < -0.4 is 20.1 Å². The van der Waals surface area contributed by atoms with Crippen LogP contribution in [0.5, 0.6) is 11.5 Å². The van der Waals surface area contributed by atoms with Crippen molar-refractivity contribution in [1.29, 1.82) is 0 Å². The molecule has 0 saturated heterocycles. The zero-order chi connectivity index (χ0) is 15.5. The number of amides is 1. The number of carbonyl (C=O) groups excluding carboxylic acids is 1. The summed E-state index contributed by atoms with van der Waals surface area (Å²) in [5.41, 5.74) is 3.93. The van der Waals surface area contributed by atoms with Gasteiger partial charge in [0.15, 0.2) is 11.5 Å². The molecule has 0 spiro atoms. The number of benzene rings is 2. The number of aryl methyl sites for hydroxylation is 2. The van der Waals surface area contributed by atoms with Crippen LogP contribution in [0.2, 0.25) is 0 Å². The maximum atomic E-state index is 12.0. The van der Waals surface area contributed by atoms with E-state index >= 15 is 0 Å². The minimum atomic E-state index is -0.111. The van der Waals surface area contributed by atoms with Crippen LogP contribution in [0.4, 0.5) is 11.4 Å². The molecule has 1 amide bonds. The Morgan fingerprint density at radius 3 is 2.77 bits per heavy atom. The predicted molar refractivity (Wildman–Crippen MR) is 85.6 cm³/mol. The van der Waals surface area contributed by atoms with Crippen molar-refractivity contribution in [3.8, 4) is 11.5 Å². The third kappa shape index (κ3) is 3.14. The van der Waals surface area contributed by atoms with E-state index in [1.807, 2.05) is 32.0 Å². The Kier molecular flexibility index (Phi) is 3.87. The van der Waals surface area contributed by atoms with Crippen molar-refractivity contribution in [2.24, 2.45) is 0 Å². The van der Waals surface area contributed by atoms with Gasteiger partial charge in [-0.15, -0.1) is 0 Å². The Hall–Kier alpha value is -2.69. The molecule has 1 aliphatic heterocycles. The van der Waals surface area contributed by atoms with Crippen LogP contribution in [0.15, 0.2) is 36.4 Å². The average molecular weight is 298 g/mol. The molecule has 2 aromatic carbocycles. The minimum absolute atomic E-state index is 0.111. The molecule has 2 aromatic rings. The number of anilines is 2. The first-order valence-electron chi connectivity index (χ1n) is 7.12. The fourth-order valence-electron chi connectivity index (χ4n) is 2.28. The Balaban J connectivity index is 1.59. The van der Waals surface area contributed by atoms with Crippen LogP contribution in [0.25, 0.3) is 0 Å². The minimum Gasteiger partial charge on any atom is -0.454 e. The Labute approximate surface area is 129 Å². The largest absolute Gasteiger partial charge is 0.454 e. The number of rotatable bonds is 4.